The van der Waals surface area contributed by atoms with Crippen molar-refractivity contribution in [2.24, 2.45) is 0 Å². The van der Waals surface area contributed by atoms with Crippen molar-refractivity contribution in [1.82, 2.24) is 4.37 Å². The van der Waals surface area contributed by atoms with E-state index in [0.717, 1.165) is 12.0 Å². The molecule has 0 aliphatic heterocycles. The van der Waals surface area contributed by atoms with Gasteiger partial charge in [0.05, 0.1) is 0 Å². The van der Waals surface area contributed by atoms with Crippen LogP contribution in [0.1, 0.15) is 36.6 Å². The zero-order valence-corrected chi connectivity index (χ0v) is 8.11. The van der Waals surface area contributed by atoms with Crippen LogP contribution in [0.5, 0.6) is 0 Å². The summed E-state index contributed by atoms with van der Waals surface area (Å²) >= 11 is 1.54. The predicted octanol–water partition coefficient (Wildman–Crippen LogP) is 2.64. The van der Waals surface area contributed by atoms with Crippen molar-refractivity contribution in [1.29, 1.82) is 0 Å². The highest BCUT2D eigenvalue weighted by Gasteiger charge is 2.20. The average Bonchev–Trinajstić information content (AvgIpc) is 2.33. The number of hydrogen-bond donors (Lipinski definition) is 1. The average molecular weight is 180 g/mol. The van der Waals surface area contributed by atoms with E-state index in [1.165, 1.54) is 10.5 Å². The van der Waals surface area contributed by atoms with Crippen molar-refractivity contribution in [3.63, 3.8) is 0 Å². The van der Waals surface area contributed by atoms with Gasteiger partial charge in [-0.3, -0.25) is 0 Å². The lowest BCUT2D eigenvalue weighted by molar-refractivity contribution is 0.758. The first kappa shape index (κ1) is 7.80. The Balaban J connectivity index is 2.57. The molecule has 0 fully saturated rings. The Morgan fingerprint density at radius 1 is 1.67 bits per heavy atom. The lowest BCUT2D eigenvalue weighted by Gasteiger charge is -2.16. The number of hydrogen-bond acceptors (Lipinski definition) is 3. The number of aromatic nitrogens is 1. The number of nitrogen functional groups attached to an aromatic ring is 1. The molecule has 3 heteroatoms. The topological polar surface area (TPSA) is 38.9 Å². The maximum absolute atomic E-state index is 5.74. The van der Waals surface area contributed by atoms with Gasteiger partial charge in [-0.05, 0) is 30.8 Å². The molecule has 2 rings (SSSR count). The third-order valence-electron chi connectivity index (χ3n) is 2.25. The smallest absolute Gasteiger partial charge is 0.144 e. The van der Waals surface area contributed by atoms with Gasteiger partial charge in [0.15, 0.2) is 0 Å². The van der Waals surface area contributed by atoms with Crippen LogP contribution in [0.4, 0.5) is 5.82 Å². The van der Waals surface area contributed by atoms with Gasteiger partial charge in [0.1, 0.15) is 5.82 Å². The van der Waals surface area contributed by atoms with Crippen molar-refractivity contribution < 1.29 is 0 Å². The van der Waals surface area contributed by atoms with Crippen LogP contribution in [0.25, 0.3) is 6.08 Å². The molecule has 64 valence electrons. The van der Waals surface area contributed by atoms with Crippen LogP contribution in [0.15, 0.2) is 5.57 Å². The van der Waals surface area contributed by atoms with Gasteiger partial charge in [-0.25, -0.2) is 0 Å². The van der Waals surface area contributed by atoms with Crippen molar-refractivity contribution >= 4 is 23.4 Å². The van der Waals surface area contributed by atoms with Crippen LogP contribution in [0, 0.1) is 0 Å². The molecule has 0 aromatic carbocycles. The molecule has 0 spiro atoms. The molecule has 2 N–H and O–H groups in total. The maximum Gasteiger partial charge on any atom is 0.144 e. The Bertz CT molecular complexity index is 338. The van der Waals surface area contributed by atoms with Gasteiger partial charge in [-0.1, -0.05) is 18.6 Å². The van der Waals surface area contributed by atoms with Gasteiger partial charge in [0, 0.05) is 10.4 Å². The van der Waals surface area contributed by atoms with E-state index in [1.807, 2.05) is 0 Å². The second-order valence-electron chi connectivity index (χ2n) is 3.44. The van der Waals surface area contributed by atoms with E-state index in [0.29, 0.717) is 11.7 Å². The molecular weight excluding hydrogens is 168 g/mol. The molecule has 0 radical (unpaired) electrons. The Labute approximate surface area is 76.3 Å². The van der Waals surface area contributed by atoms with Crippen molar-refractivity contribution in [2.75, 3.05) is 5.73 Å². The number of nitrogens with two attached hydrogens (primary N) is 1. The van der Waals surface area contributed by atoms with Gasteiger partial charge in [0.25, 0.3) is 0 Å². The molecular formula is C9H12N2S. The van der Waals surface area contributed by atoms with E-state index in [2.05, 4.69) is 24.3 Å². The zero-order chi connectivity index (χ0) is 8.72. The second-order valence-corrected chi connectivity index (χ2v) is 4.25. The summed E-state index contributed by atoms with van der Waals surface area (Å²) in [4.78, 5) is 1.35. The molecule has 1 aliphatic carbocycles. The summed E-state index contributed by atoms with van der Waals surface area (Å²) in [6.07, 6.45) is 3.31. The van der Waals surface area contributed by atoms with E-state index in [-0.39, 0.29) is 0 Å². The minimum absolute atomic E-state index is 0.597. The lowest BCUT2D eigenvalue weighted by Crippen LogP contribution is -2.00. The molecule has 1 atom stereocenters. The molecule has 0 amide bonds. The largest absolute Gasteiger partial charge is 0.382 e. The fourth-order valence-electron chi connectivity index (χ4n) is 1.70. The molecule has 0 saturated carbocycles. The summed E-state index contributed by atoms with van der Waals surface area (Å²) in [5, 5.41) is 0. The van der Waals surface area contributed by atoms with E-state index in [9.17, 15) is 0 Å². The summed E-state index contributed by atoms with van der Waals surface area (Å²) in [5.41, 5.74) is 8.31. The minimum atomic E-state index is 0.597. The van der Waals surface area contributed by atoms with Crippen LogP contribution in [0.3, 0.4) is 0 Å². The van der Waals surface area contributed by atoms with Crippen molar-refractivity contribution in [2.45, 2.75) is 26.2 Å². The highest BCUT2D eigenvalue weighted by molar-refractivity contribution is 7.06. The first-order valence-electron chi connectivity index (χ1n) is 4.10. The number of rotatable bonds is 0. The van der Waals surface area contributed by atoms with Gasteiger partial charge < -0.3 is 5.73 Å². The quantitative estimate of drug-likeness (QED) is 0.666. The van der Waals surface area contributed by atoms with Gasteiger partial charge in [-0.2, -0.15) is 4.37 Å². The number of nitrogens with zero attached hydrogens (tertiary/aromatic N) is 1. The first-order chi connectivity index (χ1) is 5.68. The minimum Gasteiger partial charge on any atom is -0.382 e. The third kappa shape index (κ3) is 1.05. The van der Waals surface area contributed by atoms with Crippen LogP contribution in [0.2, 0.25) is 0 Å². The summed E-state index contributed by atoms with van der Waals surface area (Å²) in [7, 11) is 0. The van der Waals surface area contributed by atoms with Gasteiger partial charge in [-0.15, -0.1) is 0 Å². The maximum atomic E-state index is 5.74. The zero-order valence-electron chi connectivity index (χ0n) is 7.29. The summed E-state index contributed by atoms with van der Waals surface area (Å²) in [5.74, 6) is 1.29. The summed E-state index contributed by atoms with van der Waals surface area (Å²) < 4.78 is 4.16. The predicted molar refractivity (Wildman–Crippen MR) is 53.2 cm³/mol. The summed E-state index contributed by atoms with van der Waals surface area (Å²) in [6, 6.07) is 0. The molecule has 1 aromatic rings. The second kappa shape index (κ2) is 2.59. The van der Waals surface area contributed by atoms with E-state index in [1.54, 1.807) is 11.5 Å². The standard InChI is InChI=1S/C9H12N2S/c1-5-3-6(2)8-7(4-5)9(10)11-12-8/h4,6H,3H2,1-2H3,(H2,10,11). The first-order valence-corrected chi connectivity index (χ1v) is 4.88. The fraction of sp³-hybridized carbons (Fsp3) is 0.444. The molecule has 0 saturated heterocycles. The summed E-state index contributed by atoms with van der Waals surface area (Å²) in [6.45, 7) is 4.38. The molecule has 1 heterocycles. The number of anilines is 1. The third-order valence-corrected chi connectivity index (χ3v) is 3.36. The van der Waals surface area contributed by atoms with Crippen LogP contribution in [-0.4, -0.2) is 4.37 Å². The Morgan fingerprint density at radius 3 is 3.17 bits per heavy atom. The highest BCUT2D eigenvalue weighted by Crippen LogP contribution is 2.38. The van der Waals surface area contributed by atoms with Crippen LogP contribution < -0.4 is 5.73 Å². The van der Waals surface area contributed by atoms with Crippen LogP contribution in [-0.2, 0) is 0 Å². The fourth-order valence-corrected chi connectivity index (χ4v) is 2.52. The van der Waals surface area contributed by atoms with Gasteiger partial charge in [0.2, 0.25) is 0 Å². The molecule has 0 bridgehead atoms. The molecule has 2 nitrogen and oxygen atoms in total. The monoisotopic (exact) mass is 180 g/mol. The van der Waals surface area contributed by atoms with Gasteiger partial charge >= 0.3 is 0 Å². The van der Waals surface area contributed by atoms with E-state index >= 15 is 0 Å². The van der Waals surface area contributed by atoms with Crippen LogP contribution >= 0.6 is 11.5 Å². The Hall–Kier alpha value is -0.830. The number of fused-ring (bicyclic) bond motifs is 1. The molecule has 1 aliphatic rings. The molecule has 1 aromatic heterocycles. The number of allylic oxidation sites excluding steroid dienone is 1. The van der Waals surface area contributed by atoms with E-state index in [4.69, 9.17) is 5.73 Å². The molecule has 1 unspecified atom stereocenters. The normalized spacial score (nSPS) is 21.8. The lowest BCUT2D eigenvalue weighted by atomic mass is 9.91. The van der Waals surface area contributed by atoms with Crippen molar-refractivity contribution in [3.8, 4) is 0 Å². The highest BCUT2D eigenvalue weighted by atomic mass is 32.1. The SMILES string of the molecule is CC1=Cc2c(N)nsc2C(C)C1. The van der Waals surface area contributed by atoms with E-state index < -0.39 is 0 Å². The Kier molecular flexibility index (Phi) is 1.68. The van der Waals surface area contributed by atoms with Crippen molar-refractivity contribution in [3.05, 3.63) is 16.0 Å². The molecule has 12 heavy (non-hydrogen) atoms. The Morgan fingerprint density at radius 2 is 2.42 bits per heavy atom.